The Hall–Kier alpha value is -4.57. The molecule has 42 heavy (non-hydrogen) atoms. The second-order valence-corrected chi connectivity index (χ2v) is 9.74. The molecule has 0 fully saturated rings. The fourth-order valence-corrected chi connectivity index (χ4v) is 4.02. The first-order valence-corrected chi connectivity index (χ1v) is 13.5. The topological polar surface area (TPSA) is 135 Å². The maximum absolute atomic E-state index is 10.3. The summed E-state index contributed by atoms with van der Waals surface area (Å²) in [6.07, 6.45) is 5.59. The van der Waals surface area contributed by atoms with E-state index in [2.05, 4.69) is 15.0 Å². The highest BCUT2D eigenvalue weighted by Crippen LogP contribution is 2.26. The molecule has 0 saturated heterocycles. The molecular formula is C32H39N3O7. The van der Waals surface area contributed by atoms with Crippen molar-refractivity contribution < 1.29 is 34.3 Å². The number of nitrogens with zero attached hydrogens (tertiary/aromatic N) is 3. The normalized spacial score (nSPS) is 13.1. The van der Waals surface area contributed by atoms with E-state index in [4.69, 9.17) is 18.9 Å². The Morgan fingerprint density at radius 3 is 1.29 bits per heavy atom. The zero-order valence-corrected chi connectivity index (χ0v) is 24.5. The summed E-state index contributed by atoms with van der Waals surface area (Å²) in [6.45, 7) is 3.65. The van der Waals surface area contributed by atoms with Crippen LogP contribution in [-0.2, 0) is 4.74 Å². The van der Waals surface area contributed by atoms with Gasteiger partial charge in [-0.05, 0) is 61.0 Å². The summed E-state index contributed by atoms with van der Waals surface area (Å²) in [4.78, 5) is 14.0. The van der Waals surface area contributed by atoms with Crippen LogP contribution in [0.3, 0.4) is 0 Å². The summed E-state index contributed by atoms with van der Waals surface area (Å²) < 4.78 is 21.8. The molecule has 0 spiro atoms. The fraction of sp³-hybridized carbons (Fsp3) is 0.344. The molecule has 0 atom stereocenters. The molecule has 0 saturated carbocycles. The summed E-state index contributed by atoms with van der Waals surface area (Å²) in [7, 11) is 4.67. The molecule has 3 rings (SSSR count). The summed E-state index contributed by atoms with van der Waals surface area (Å²) in [6, 6.07) is 14.7. The number of hydrogen-bond donors (Lipinski definition) is 3. The van der Waals surface area contributed by atoms with Gasteiger partial charge in [-0.25, -0.2) is 0 Å². The Labute approximate surface area is 246 Å². The smallest absolute Gasteiger partial charge is 0.124 e. The minimum atomic E-state index is -0.698. The third-order valence-electron chi connectivity index (χ3n) is 6.43. The van der Waals surface area contributed by atoms with Gasteiger partial charge in [-0.1, -0.05) is 6.92 Å². The van der Waals surface area contributed by atoms with Gasteiger partial charge < -0.3 is 34.3 Å². The molecule has 3 aromatic carbocycles. The maximum Gasteiger partial charge on any atom is 0.124 e. The molecular weight excluding hydrogens is 538 g/mol. The van der Waals surface area contributed by atoms with Gasteiger partial charge in [-0.3, -0.25) is 15.0 Å². The standard InChI is InChI=1S/C32H39N3O7/c1-5-12-42-22-32(19-33-16-23-13-26(39-2)6-9-29(23)36,20-34-17-24-14-27(40-3)7-10-30(24)37)21-35-18-25-15-28(41-4)8-11-31(25)38/h6-11,13-18,36-38H,5,12,19-22H2,1-4H3. The van der Waals surface area contributed by atoms with Gasteiger partial charge in [-0.15, -0.1) is 0 Å². The largest absolute Gasteiger partial charge is 0.507 e. The van der Waals surface area contributed by atoms with Gasteiger partial charge in [0.1, 0.15) is 34.5 Å². The van der Waals surface area contributed by atoms with Crippen molar-refractivity contribution in [3.05, 3.63) is 71.3 Å². The molecule has 0 aliphatic rings. The number of methoxy groups -OCH3 is 3. The molecule has 10 heteroatoms. The lowest BCUT2D eigenvalue weighted by atomic mass is 9.89. The van der Waals surface area contributed by atoms with Crippen molar-refractivity contribution >= 4 is 18.6 Å². The number of aromatic hydroxyl groups is 3. The summed E-state index contributed by atoms with van der Waals surface area (Å²) in [5, 5.41) is 31.0. The maximum atomic E-state index is 10.3. The first-order valence-electron chi connectivity index (χ1n) is 13.5. The van der Waals surface area contributed by atoms with Crippen LogP contribution in [-0.4, -0.2) is 88.1 Å². The Kier molecular flexibility index (Phi) is 12.2. The Bertz CT molecular complexity index is 1230. The average Bonchev–Trinajstić information content (AvgIpc) is 3.00. The lowest BCUT2D eigenvalue weighted by molar-refractivity contribution is 0.0576. The number of aliphatic imine (C=N–C) groups is 3. The molecule has 0 unspecified atom stereocenters. The third kappa shape index (κ3) is 9.24. The van der Waals surface area contributed by atoms with Crippen LogP contribution in [0.25, 0.3) is 0 Å². The number of phenols is 3. The molecule has 0 aliphatic heterocycles. The van der Waals surface area contributed by atoms with E-state index in [1.54, 1.807) is 94.6 Å². The van der Waals surface area contributed by atoms with E-state index in [0.717, 1.165) is 6.42 Å². The molecule has 0 aliphatic carbocycles. The molecule has 10 nitrogen and oxygen atoms in total. The Balaban J connectivity index is 1.95. The molecule has 0 bridgehead atoms. The summed E-state index contributed by atoms with van der Waals surface area (Å²) in [5.41, 5.74) is 0.822. The van der Waals surface area contributed by atoms with Crippen LogP contribution in [0.4, 0.5) is 0 Å². The molecule has 0 radical (unpaired) electrons. The second kappa shape index (κ2) is 16.0. The minimum Gasteiger partial charge on any atom is -0.507 e. The zero-order valence-electron chi connectivity index (χ0n) is 24.5. The highest BCUT2D eigenvalue weighted by Gasteiger charge is 2.30. The van der Waals surface area contributed by atoms with Crippen LogP contribution >= 0.6 is 0 Å². The van der Waals surface area contributed by atoms with Crippen LogP contribution in [0.1, 0.15) is 30.0 Å². The predicted molar refractivity (Wildman–Crippen MR) is 165 cm³/mol. The van der Waals surface area contributed by atoms with Crippen LogP contribution in [0, 0.1) is 5.41 Å². The van der Waals surface area contributed by atoms with Gasteiger partial charge in [0.05, 0.1) is 53.0 Å². The van der Waals surface area contributed by atoms with Gasteiger partial charge in [-0.2, -0.15) is 0 Å². The molecule has 3 N–H and O–H groups in total. The lowest BCUT2D eigenvalue weighted by Crippen LogP contribution is -2.37. The number of phenolic OH excluding ortho intramolecular Hbond substituents is 3. The van der Waals surface area contributed by atoms with Crippen molar-refractivity contribution in [2.75, 3.05) is 54.2 Å². The number of ether oxygens (including phenoxy) is 4. The van der Waals surface area contributed by atoms with Gasteiger partial charge in [0, 0.05) is 41.9 Å². The van der Waals surface area contributed by atoms with Gasteiger partial charge in [0.25, 0.3) is 0 Å². The van der Waals surface area contributed by atoms with E-state index >= 15 is 0 Å². The van der Waals surface area contributed by atoms with Crippen molar-refractivity contribution in [2.45, 2.75) is 13.3 Å². The Morgan fingerprint density at radius 2 is 0.976 bits per heavy atom. The highest BCUT2D eigenvalue weighted by molar-refractivity contribution is 5.85. The second-order valence-electron chi connectivity index (χ2n) is 9.74. The van der Waals surface area contributed by atoms with Crippen molar-refractivity contribution in [3.8, 4) is 34.5 Å². The zero-order chi connectivity index (χ0) is 30.4. The van der Waals surface area contributed by atoms with Crippen molar-refractivity contribution in [3.63, 3.8) is 0 Å². The number of benzene rings is 3. The van der Waals surface area contributed by atoms with Crippen LogP contribution in [0.5, 0.6) is 34.5 Å². The minimum absolute atomic E-state index is 0.0745. The summed E-state index contributed by atoms with van der Waals surface area (Å²) >= 11 is 0. The number of hydrogen-bond acceptors (Lipinski definition) is 10. The van der Waals surface area contributed by atoms with Crippen LogP contribution in [0.2, 0.25) is 0 Å². The molecule has 0 aromatic heterocycles. The van der Waals surface area contributed by atoms with Crippen molar-refractivity contribution in [1.82, 2.24) is 0 Å². The lowest BCUT2D eigenvalue weighted by Gasteiger charge is -2.29. The molecule has 0 heterocycles. The van der Waals surface area contributed by atoms with E-state index in [9.17, 15) is 15.3 Å². The van der Waals surface area contributed by atoms with Gasteiger partial charge in [0.2, 0.25) is 0 Å². The fourth-order valence-electron chi connectivity index (χ4n) is 4.02. The average molecular weight is 578 g/mol. The Morgan fingerprint density at radius 1 is 0.619 bits per heavy atom. The van der Waals surface area contributed by atoms with E-state index in [1.165, 1.54) is 0 Å². The van der Waals surface area contributed by atoms with E-state index in [-0.39, 0.29) is 36.9 Å². The molecule has 224 valence electrons. The molecule has 0 amide bonds. The van der Waals surface area contributed by atoms with Crippen molar-refractivity contribution in [1.29, 1.82) is 0 Å². The van der Waals surface area contributed by atoms with Crippen LogP contribution in [0.15, 0.2) is 69.6 Å². The van der Waals surface area contributed by atoms with Crippen molar-refractivity contribution in [2.24, 2.45) is 20.4 Å². The van der Waals surface area contributed by atoms with E-state index in [1.807, 2.05) is 6.92 Å². The SMILES string of the molecule is CCCOCC(CN=Cc1cc(OC)ccc1O)(CN=Cc1cc(OC)ccc1O)CN=Cc1cc(OC)ccc1O. The number of rotatable bonds is 16. The molecule has 3 aromatic rings. The van der Waals surface area contributed by atoms with E-state index in [0.29, 0.717) is 47.2 Å². The quantitative estimate of drug-likeness (QED) is 0.163. The monoisotopic (exact) mass is 577 g/mol. The highest BCUT2D eigenvalue weighted by atomic mass is 16.5. The van der Waals surface area contributed by atoms with E-state index < -0.39 is 5.41 Å². The third-order valence-corrected chi connectivity index (χ3v) is 6.43. The first-order chi connectivity index (χ1) is 20.3. The summed E-state index contributed by atoms with van der Waals surface area (Å²) in [5.74, 6) is 2.01. The van der Waals surface area contributed by atoms with Gasteiger partial charge >= 0.3 is 0 Å². The predicted octanol–water partition coefficient (Wildman–Crippen LogP) is 4.90. The first kappa shape index (κ1) is 32.0. The van der Waals surface area contributed by atoms with Crippen LogP contribution < -0.4 is 14.2 Å². The van der Waals surface area contributed by atoms with Gasteiger partial charge in [0.15, 0.2) is 0 Å².